The quantitative estimate of drug-likeness (QED) is 0.393. The average Bonchev–Trinajstić information content (AvgIpc) is 3.37. The molecular weight excluding hydrogens is 408 g/mol. The van der Waals surface area contributed by atoms with E-state index in [1.807, 2.05) is 59.4 Å². The molecule has 2 heterocycles. The molecule has 0 aliphatic carbocycles. The van der Waals surface area contributed by atoms with Crippen molar-refractivity contribution in [1.29, 1.82) is 0 Å². The Morgan fingerprint density at radius 2 is 1.64 bits per heavy atom. The van der Waals surface area contributed by atoms with Gasteiger partial charge in [0.2, 0.25) is 5.91 Å². The van der Waals surface area contributed by atoms with Gasteiger partial charge in [0.25, 0.3) is 0 Å². The minimum absolute atomic E-state index is 0.0162. The van der Waals surface area contributed by atoms with E-state index in [1.54, 1.807) is 12.4 Å². The molecule has 1 amide bonds. The maximum absolute atomic E-state index is 12.7. The van der Waals surface area contributed by atoms with Crippen LogP contribution in [0.4, 0.5) is 0 Å². The molecule has 0 aliphatic rings. The van der Waals surface area contributed by atoms with E-state index in [0.717, 1.165) is 39.7 Å². The molecule has 5 nitrogen and oxygen atoms in total. The van der Waals surface area contributed by atoms with Crippen LogP contribution in [0.25, 0.3) is 22.0 Å². The van der Waals surface area contributed by atoms with Crippen LogP contribution in [0, 0.1) is 0 Å². The zero-order valence-electron chi connectivity index (χ0n) is 18.2. The van der Waals surface area contributed by atoms with Crippen LogP contribution < -0.4 is 5.32 Å². The molecule has 0 radical (unpaired) electrons. The number of benzene rings is 3. The summed E-state index contributed by atoms with van der Waals surface area (Å²) in [5, 5.41) is 8.40. The molecule has 5 aromatic rings. The third kappa shape index (κ3) is 4.83. The average molecular weight is 433 g/mol. The number of nitrogens with one attached hydrogen (secondary N) is 1. The molecule has 0 spiro atoms. The summed E-state index contributed by atoms with van der Waals surface area (Å²) < 4.78 is 1.91. The molecule has 162 valence electrons. The van der Waals surface area contributed by atoms with Gasteiger partial charge in [-0.15, -0.1) is 0 Å². The van der Waals surface area contributed by atoms with E-state index in [1.165, 1.54) is 5.56 Å². The minimum atomic E-state index is -0.0162. The van der Waals surface area contributed by atoms with Crippen LogP contribution in [-0.4, -0.2) is 20.7 Å². The molecule has 3 aromatic carbocycles. The van der Waals surface area contributed by atoms with Crippen LogP contribution in [0.15, 0.2) is 104 Å². The first-order chi connectivity index (χ1) is 16.3. The number of fused-ring (bicyclic) bond motifs is 1. The number of pyridine rings is 1. The molecular formula is C28H24N4O. The Morgan fingerprint density at radius 3 is 2.48 bits per heavy atom. The van der Waals surface area contributed by atoms with Gasteiger partial charge in [-0.1, -0.05) is 72.8 Å². The molecule has 0 fully saturated rings. The summed E-state index contributed by atoms with van der Waals surface area (Å²) >= 11 is 0. The van der Waals surface area contributed by atoms with Gasteiger partial charge in [-0.25, -0.2) is 0 Å². The van der Waals surface area contributed by atoms with Crippen LogP contribution in [0.3, 0.4) is 0 Å². The predicted octanol–water partition coefficient (Wildman–Crippen LogP) is 5.01. The molecule has 2 aromatic heterocycles. The zero-order valence-corrected chi connectivity index (χ0v) is 18.2. The number of hydrogen-bond donors (Lipinski definition) is 1. The lowest BCUT2D eigenvalue weighted by molar-refractivity contribution is -0.120. The maximum Gasteiger partial charge on any atom is 0.224 e. The van der Waals surface area contributed by atoms with Crippen LogP contribution in [0.5, 0.6) is 0 Å². The molecule has 0 saturated carbocycles. The number of para-hydroxylation sites is 1. The summed E-state index contributed by atoms with van der Waals surface area (Å²) in [7, 11) is 0. The summed E-state index contributed by atoms with van der Waals surface area (Å²) in [6.07, 6.45) is 5.81. The molecule has 0 unspecified atom stereocenters. The smallest absolute Gasteiger partial charge is 0.224 e. The number of amides is 1. The third-order valence-electron chi connectivity index (χ3n) is 5.73. The Labute approximate surface area is 192 Å². The van der Waals surface area contributed by atoms with Gasteiger partial charge in [0.15, 0.2) is 0 Å². The monoisotopic (exact) mass is 432 g/mol. The lowest BCUT2D eigenvalue weighted by Crippen LogP contribution is -2.25. The fraction of sp³-hybridized carbons (Fsp3) is 0.107. The molecule has 0 bridgehead atoms. The molecule has 0 saturated heterocycles. The molecule has 0 aliphatic heterocycles. The summed E-state index contributed by atoms with van der Waals surface area (Å²) in [5.74, 6) is -0.0162. The largest absolute Gasteiger partial charge is 0.352 e. The first kappa shape index (κ1) is 20.6. The summed E-state index contributed by atoms with van der Waals surface area (Å²) in [4.78, 5) is 17.2. The summed E-state index contributed by atoms with van der Waals surface area (Å²) in [6, 6.07) is 28.5. The second-order valence-electron chi connectivity index (χ2n) is 8.00. The molecule has 5 rings (SSSR count). The van der Waals surface area contributed by atoms with Gasteiger partial charge in [-0.3, -0.25) is 14.5 Å². The highest BCUT2D eigenvalue weighted by Crippen LogP contribution is 2.24. The van der Waals surface area contributed by atoms with Crippen molar-refractivity contribution >= 4 is 16.8 Å². The number of aromatic nitrogens is 3. The van der Waals surface area contributed by atoms with Crippen LogP contribution in [0.1, 0.15) is 16.7 Å². The Morgan fingerprint density at radius 1 is 0.818 bits per heavy atom. The fourth-order valence-electron chi connectivity index (χ4n) is 4.07. The van der Waals surface area contributed by atoms with E-state index in [-0.39, 0.29) is 5.91 Å². The standard InChI is InChI=1S/C28H24N4O/c33-27(18-24-8-3-7-23-9-4-15-29-28(23)24)30-19-25-6-1-2-10-26(25)22-13-11-21(12-14-22)20-32-17-5-16-31-32/h1-17H,18-20H2,(H,30,33). The predicted molar refractivity (Wildman–Crippen MR) is 131 cm³/mol. The van der Waals surface area contributed by atoms with Gasteiger partial charge >= 0.3 is 0 Å². The van der Waals surface area contributed by atoms with Gasteiger partial charge < -0.3 is 5.32 Å². The summed E-state index contributed by atoms with van der Waals surface area (Å²) in [6.45, 7) is 1.22. The van der Waals surface area contributed by atoms with Crippen molar-refractivity contribution < 1.29 is 4.79 Å². The highest BCUT2D eigenvalue weighted by molar-refractivity contribution is 5.87. The first-order valence-corrected chi connectivity index (χ1v) is 11.0. The van der Waals surface area contributed by atoms with Gasteiger partial charge in [-0.2, -0.15) is 5.10 Å². The van der Waals surface area contributed by atoms with Crippen molar-refractivity contribution in [3.63, 3.8) is 0 Å². The summed E-state index contributed by atoms with van der Waals surface area (Å²) in [5.41, 5.74) is 6.34. The van der Waals surface area contributed by atoms with E-state index >= 15 is 0 Å². The Balaban J connectivity index is 1.27. The van der Waals surface area contributed by atoms with E-state index in [4.69, 9.17) is 0 Å². The molecule has 1 N–H and O–H groups in total. The van der Waals surface area contributed by atoms with Crippen molar-refractivity contribution in [3.05, 3.63) is 120 Å². The highest BCUT2D eigenvalue weighted by atomic mass is 16.1. The van der Waals surface area contributed by atoms with Gasteiger partial charge in [-0.05, 0) is 39.9 Å². The van der Waals surface area contributed by atoms with E-state index in [0.29, 0.717) is 13.0 Å². The first-order valence-electron chi connectivity index (χ1n) is 11.0. The van der Waals surface area contributed by atoms with Crippen LogP contribution in [0.2, 0.25) is 0 Å². The fourth-order valence-corrected chi connectivity index (χ4v) is 4.07. The lowest BCUT2D eigenvalue weighted by atomic mass is 9.98. The molecule has 5 heteroatoms. The lowest BCUT2D eigenvalue weighted by Gasteiger charge is -2.12. The second kappa shape index (κ2) is 9.49. The van der Waals surface area contributed by atoms with Gasteiger partial charge in [0.1, 0.15) is 0 Å². The number of hydrogen-bond acceptors (Lipinski definition) is 3. The SMILES string of the molecule is O=C(Cc1cccc2cccnc12)NCc1ccccc1-c1ccc(Cn2cccn2)cc1. The molecule has 33 heavy (non-hydrogen) atoms. The van der Waals surface area contributed by atoms with Crippen molar-refractivity contribution in [3.8, 4) is 11.1 Å². The van der Waals surface area contributed by atoms with E-state index < -0.39 is 0 Å². The number of rotatable bonds is 7. The van der Waals surface area contributed by atoms with Crippen molar-refractivity contribution in [2.24, 2.45) is 0 Å². The Bertz CT molecular complexity index is 1370. The topological polar surface area (TPSA) is 59.8 Å². The van der Waals surface area contributed by atoms with Crippen LogP contribution in [-0.2, 0) is 24.3 Å². The third-order valence-corrected chi connectivity index (χ3v) is 5.73. The normalized spacial score (nSPS) is 10.9. The number of carbonyl (C=O) groups excluding carboxylic acids is 1. The van der Waals surface area contributed by atoms with E-state index in [2.05, 4.69) is 51.8 Å². The van der Waals surface area contributed by atoms with Gasteiger partial charge in [0.05, 0.1) is 18.5 Å². The van der Waals surface area contributed by atoms with Crippen molar-refractivity contribution in [1.82, 2.24) is 20.1 Å². The van der Waals surface area contributed by atoms with E-state index in [9.17, 15) is 4.79 Å². The molecule has 0 atom stereocenters. The van der Waals surface area contributed by atoms with Crippen LogP contribution >= 0.6 is 0 Å². The van der Waals surface area contributed by atoms with Gasteiger partial charge in [0, 0.05) is 30.5 Å². The zero-order chi connectivity index (χ0) is 22.5. The maximum atomic E-state index is 12.7. The highest BCUT2D eigenvalue weighted by Gasteiger charge is 2.10. The Hall–Kier alpha value is -4.25. The van der Waals surface area contributed by atoms with Crippen molar-refractivity contribution in [2.75, 3.05) is 0 Å². The minimum Gasteiger partial charge on any atom is -0.352 e. The second-order valence-corrected chi connectivity index (χ2v) is 8.00. The van der Waals surface area contributed by atoms with Crippen molar-refractivity contribution in [2.45, 2.75) is 19.5 Å². The Kier molecular flexibility index (Phi) is 5.93. The number of nitrogens with zero attached hydrogens (tertiary/aromatic N) is 3. The number of carbonyl (C=O) groups is 1.